The molecule has 144 valence electrons. The molecule has 27 heavy (non-hydrogen) atoms. The number of amides is 1. The Morgan fingerprint density at radius 3 is 2.85 bits per heavy atom. The minimum Gasteiger partial charge on any atom is -0.365 e. The van der Waals surface area contributed by atoms with E-state index in [2.05, 4.69) is 0 Å². The number of morpholine rings is 1. The zero-order chi connectivity index (χ0) is 19.0. The van der Waals surface area contributed by atoms with Crippen molar-refractivity contribution < 1.29 is 17.9 Å². The molecule has 1 spiro atoms. The molecule has 2 aromatic rings. The van der Waals surface area contributed by atoms with Gasteiger partial charge in [-0.25, -0.2) is 8.42 Å². The maximum atomic E-state index is 13.3. The number of sulfonamides is 1. The van der Waals surface area contributed by atoms with Gasteiger partial charge in [0.15, 0.2) is 0 Å². The fraction of sp³-hybridized carbons (Fsp3) is 0.526. The number of nitrogens with zero attached hydrogens (tertiary/aromatic N) is 3. The molecule has 3 atom stereocenters. The van der Waals surface area contributed by atoms with Crippen LogP contribution in [0.4, 0.5) is 0 Å². The van der Waals surface area contributed by atoms with Crippen LogP contribution < -0.4 is 0 Å². The van der Waals surface area contributed by atoms with Crippen molar-refractivity contribution in [3.05, 3.63) is 36.0 Å². The Kier molecular flexibility index (Phi) is 3.54. The average molecular weight is 389 g/mol. The van der Waals surface area contributed by atoms with E-state index in [0.717, 1.165) is 10.9 Å². The van der Waals surface area contributed by atoms with Gasteiger partial charge in [0, 0.05) is 43.8 Å². The topological polar surface area (TPSA) is 71.8 Å². The first kappa shape index (κ1) is 17.2. The third kappa shape index (κ3) is 2.26. The second kappa shape index (κ2) is 5.56. The number of para-hydroxylation sites is 1. The Labute approximate surface area is 158 Å². The summed E-state index contributed by atoms with van der Waals surface area (Å²) in [5, 5.41) is 0.382. The van der Waals surface area contributed by atoms with Crippen LogP contribution in [0, 0.1) is 0 Å². The summed E-state index contributed by atoms with van der Waals surface area (Å²) >= 11 is 0. The van der Waals surface area contributed by atoms with Crippen molar-refractivity contribution in [2.45, 2.75) is 30.3 Å². The lowest BCUT2D eigenvalue weighted by molar-refractivity contribution is -0.0974. The van der Waals surface area contributed by atoms with Crippen molar-refractivity contribution in [1.82, 2.24) is 13.8 Å². The van der Waals surface area contributed by atoms with Gasteiger partial charge >= 0.3 is 0 Å². The summed E-state index contributed by atoms with van der Waals surface area (Å²) in [7, 11) is -1.43. The highest BCUT2D eigenvalue weighted by molar-refractivity contribution is 7.90. The van der Waals surface area contributed by atoms with Crippen molar-refractivity contribution >= 4 is 26.8 Å². The summed E-state index contributed by atoms with van der Waals surface area (Å²) in [4.78, 5) is 15.1. The summed E-state index contributed by atoms with van der Waals surface area (Å²) in [6.45, 7) is 3.39. The molecule has 0 aliphatic carbocycles. The van der Waals surface area contributed by atoms with Gasteiger partial charge in [0.25, 0.3) is 5.91 Å². The van der Waals surface area contributed by atoms with Crippen LogP contribution in [0.25, 0.3) is 10.9 Å². The molecule has 0 radical (unpaired) electrons. The molecule has 3 aliphatic rings. The van der Waals surface area contributed by atoms with Crippen molar-refractivity contribution in [3.8, 4) is 0 Å². The first-order chi connectivity index (χ1) is 12.9. The van der Waals surface area contributed by atoms with E-state index in [1.54, 1.807) is 4.90 Å². The second-order valence-corrected chi connectivity index (χ2v) is 9.97. The van der Waals surface area contributed by atoms with E-state index in [9.17, 15) is 13.2 Å². The van der Waals surface area contributed by atoms with Gasteiger partial charge in [-0.1, -0.05) is 25.1 Å². The third-order valence-corrected chi connectivity index (χ3v) is 8.73. The third-order valence-electron chi connectivity index (χ3n) is 6.28. The van der Waals surface area contributed by atoms with Crippen LogP contribution >= 0.6 is 0 Å². The van der Waals surface area contributed by atoms with Crippen LogP contribution in [0.5, 0.6) is 0 Å². The minimum atomic E-state index is -3.36. The Morgan fingerprint density at radius 2 is 2.07 bits per heavy atom. The molecular formula is C19H23N3O4S. The summed E-state index contributed by atoms with van der Waals surface area (Å²) < 4.78 is 35.2. The number of benzene rings is 1. The fourth-order valence-corrected chi connectivity index (χ4v) is 7.40. The van der Waals surface area contributed by atoms with Crippen molar-refractivity contribution in [1.29, 1.82) is 0 Å². The van der Waals surface area contributed by atoms with Crippen LogP contribution in [-0.2, 0) is 21.8 Å². The number of hydrogen-bond acceptors (Lipinski definition) is 4. The Bertz CT molecular complexity index is 1050. The number of aryl methyl sites for hydroxylation is 1. The molecule has 1 aromatic heterocycles. The number of likely N-dealkylation sites (tertiary alicyclic amines) is 1. The molecule has 1 aromatic carbocycles. The van der Waals surface area contributed by atoms with Gasteiger partial charge in [-0.3, -0.25) is 4.79 Å². The van der Waals surface area contributed by atoms with Crippen molar-refractivity contribution in [3.63, 3.8) is 0 Å². The van der Waals surface area contributed by atoms with Crippen molar-refractivity contribution in [2.75, 3.05) is 26.2 Å². The van der Waals surface area contributed by atoms with Crippen LogP contribution in [0.2, 0.25) is 0 Å². The quantitative estimate of drug-likeness (QED) is 0.774. The van der Waals surface area contributed by atoms with Crippen LogP contribution in [0.3, 0.4) is 0 Å². The van der Waals surface area contributed by atoms with Gasteiger partial charge in [0.1, 0.15) is 10.9 Å². The van der Waals surface area contributed by atoms with Crippen LogP contribution in [0.1, 0.15) is 23.7 Å². The summed E-state index contributed by atoms with van der Waals surface area (Å²) in [5.41, 5.74) is 0.877. The van der Waals surface area contributed by atoms with E-state index in [-0.39, 0.29) is 12.0 Å². The molecular weight excluding hydrogens is 366 g/mol. The number of ether oxygens (including phenoxy) is 1. The predicted molar refractivity (Wildman–Crippen MR) is 101 cm³/mol. The monoisotopic (exact) mass is 389 g/mol. The van der Waals surface area contributed by atoms with Gasteiger partial charge in [0.2, 0.25) is 10.0 Å². The molecule has 1 amide bonds. The van der Waals surface area contributed by atoms with Gasteiger partial charge in [-0.15, -0.1) is 0 Å². The molecule has 8 heteroatoms. The lowest BCUT2D eigenvalue weighted by Crippen LogP contribution is -2.56. The average Bonchev–Trinajstić information content (AvgIpc) is 3.19. The summed E-state index contributed by atoms with van der Waals surface area (Å²) in [6, 6.07) is 7.83. The molecule has 7 nitrogen and oxygen atoms in total. The van der Waals surface area contributed by atoms with Crippen molar-refractivity contribution in [2.24, 2.45) is 7.05 Å². The van der Waals surface area contributed by atoms with Crippen LogP contribution in [0.15, 0.2) is 30.5 Å². The fourth-order valence-electron chi connectivity index (χ4n) is 5.07. The minimum absolute atomic E-state index is 0.0486. The normalized spacial score (nSPS) is 32.1. The molecule has 3 saturated heterocycles. The van der Waals surface area contributed by atoms with Gasteiger partial charge in [-0.05, 0) is 12.5 Å². The standard InChI is InChI=1S/C19H23N3O4S/c1-3-22-12-19-11-21(9-13(26-19)8-17(19)27(22,24)25)18(23)15-10-20(2)16-7-5-4-6-14(15)16/h4-7,10,13,17H,3,8-9,11-12H2,1-2H3/t13-,17+,19+/m1/s1. The largest absolute Gasteiger partial charge is 0.365 e. The molecule has 0 saturated carbocycles. The maximum Gasteiger partial charge on any atom is 0.256 e. The molecule has 2 bridgehead atoms. The van der Waals surface area contributed by atoms with E-state index in [0.29, 0.717) is 38.2 Å². The molecule has 3 fully saturated rings. The van der Waals surface area contributed by atoms with E-state index < -0.39 is 20.9 Å². The molecule has 0 N–H and O–H groups in total. The van der Waals surface area contributed by atoms with E-state index in [1.165, 1.54) is 4.31 Å². The number of aromatic nitrogens is 1. The van der Waals surface area contributed by atoms with E-state index in [1.807, 2.05) is 49.0 Å². The first-order valence-corrected chi connectivity index (χ1v) is 10.9. The highest BCUT2D eigenvalue weighted by Crippen LogP contribution is 2.46. The van der Waals surface area contributed by atoms with E-state index in [4.69, 9.17) is 4.74 Å². The maximum absolute atomic E-state index is 13.3. The van der Waals surface area contributed by atoms with Crippen LogP contribution in [-0.4, -0.2) is 71.2 Å². The lowest BCUT2D eigenvalue weighted by Gasteiger charge is -2.39. The number of likely N-dealkylation sites (N-methyl/N-ethyl adjacent to an activating group) is 1. The molecule has 5 rings (SSSR count). The highest BCUT2D eigenvalue weighted by atomic mass is 32.2. The van der Waals surface area contributed by atoms with E-state index >= 15 is 0 Å². The zero-order valence-corrected chi connectivity index (χ0v) is 16.3. The molecule has 4 heterocycles. The Balaban J connectivity index is 1.51. The number of carbonyl (C=O) groups is 1. The smallest absolute Gasteiger partial charge is 0.256 e. The molecule has 0 unspecified atom stereocenters. The summed E-state index contributed by atoms with van der Waals surface area (Å²) in [6.07, 6.45) is 2.12. The van der Waals surface area contributed by atoms with Gasteiger partial charge < -0.3 is 14.2 Å². The number of rotatable bonds is 2. The Morgan fingerprint density at radius 1 is 1.30 bits per heavy atom. The highest BCUT2D eigenvalue weighted by Gasteiger charge is 2.65. The Hall–Kier alpha value is -1.90. The number of carbonyl (C=O) groups excluding carboxylic acids is 1. The number of fused-ring (bicyclic) bond motifs is 2. The summed E-state index contributed by atoms with van der Waals surface area (Å²) in [5.74, 6) is -0.0486. The van der Waals surface area contributed by atoms with Gasteiger partial charge in [0.05, 0.1) is 18.2 Å². The molecule has 3 aliphatic heterocycles. The zero-order valence-electron chi connectivity index (χ0n) is 15.5. The van der Waals surface area contributed by atoms with Gasteiger partial charge in [-0.2, -0.15) is 4.31 Å². The lowest BCUT2D eigenvalue weighted by atomic mass is 9.99. The second-order valence-electron chi connectivity index (χ2n) is 7.86. The number of hydrogen-bond donors (Lipinski definition) is 0. The first-order valence-electron chi connectivity index (χ1n) is 9.36. The SMILES string of the molecule is CCN1C[C@@]23CN(C(=O)c4cn(C)c5ccccc45)C[C@@H](C[C@@H]2S1(=O)=O)O3. The predicted octanol–water partition coefficient (Wildman–Crippen LogP) is 1.20.